The van der Waals surface area contributed by atoms with Crippen molar-refractivity contribution in [2.45, 2.75) is 13.5 Å². The first-order valence-corrected chi connectivity index (χ1v) is 5.96. The Morgan fingerprint density at radius 1 is 1.32 bits per heavy atom. The molecule has 0 spiro atoms. The highest BCUT2D eigenvalue weighted by Crippen LogP contribution is 2.31. The summed E-state index contributed by atoms with van der Waals surface area (Å²) in [5.41, 5.74) is 0.139. The number of benzene rings is 1. The third-order valence-electron chi connectivity index (χ3n) is 3.07. The van der Waals surface area contributed by atoms with Crippen molar-refractivity contribution in [1.29, 1.82) is 0 Å². The van der Waals surface area contributed by atoms with Gasteiger partial charge in [-0.15, -0.1) is 0 Å². The molecule has 6 heteroatoms. The Bertz CT molecular complexity index is 704. The minimum Gasteiger partial charge on any atom is -0.371 e. The molecule has 0 amide bonds. The van der Waals surface area contributed by atoms with Crippen LogP contribution in [-0.2, 0) is 6.54 Å². The molecule has 0 aliphatic heterocycles. The summed E-state index contributed by atoms with van der Waals surface area (Å²) in [6.07, 6.45) is 0. The van der Waals surface area contributed by atoms with Gasteiger partial charge in [0.05, 0.1) is 10.4 Å². The molecule has 0 saturated heterocycles. The third kappa shape index (κ3) is 1.95. The lowest BCUT2D eigenvalue weighted by atomic mass is 10.1. The molecule has 1 heterocycles. The van der Waals surface area contributed by atoms with Crippen LogP contribution in [0.2, 0.25) is 0 Å². The van der Waals surface area contributed by atoms with Crippen LogP contribution in [-0.4, -0.2) is 23.6 Å². The van der Waals surface area contributed by atoms with Crippen LogP contribution in [0.25, 0.3) is 10.9 Å². The first kappa shape index (κ1) is 13.1. The SMILES string of the molecule is CCn1c(=O)c([N+](=O)[O-])c(N(C)C)c2ccccc21. The summed E-state index contributed by atoms with van der Waals surface area (Å²) in [6.45, 7) is 2.20. The van der Waals surface area contributed by atoms with E-state index in [-0.39, 0.29) is 5.69 Å². The maximum absolute atomic E-state index is 12.3. The molecule has 0 bridgehead atoms. The number of para-hydroxylation sites is 1. The van der Waals surface area contributed by atoms with Crippen molar-refractivity contribution < 1.29 is 4.92 Å². The molecule has 1 aromatic carbocycles. The number of fused-ring (bicyclic) bond motifs is 1. The molecular weight excluding hydrogens is 246 g/mol. The average Bonchev–Trinajstić information content (AvgIpc) is 2.36. The van der Waals surface area contributed by atoms with Gasteiger partial charge < -0.3 is 9.47 Å². The van der Waals surface area contributed by atoms with E-state index in [4.69, 9.17) is 0 Å². The molecule has 0 N–H and O–H groups in total. The van der Waals surface area contributed by atoms with Crippen molar-refractivity contribution in [3.8, 4) is 0 Å². The summed E-state index contributed by atoms with van der Waals surface area (Å²) in [4.78, 5) is 24.5. The van der Waals surface area contributed by atoms with Crippen LogP contribution < -0.4 is 10.5 Å². The van der Waals surface area contributed by atoms with Crippen LogP contribution in [0.15, 0.2) is 29.1 Å². The Morgan fingerprint density at radius 3 is 2.47 bits per heavy atom. The number of anilines is 1. The fourth-order valence-corrected chi connectivity index (χ4v) is 2.31. The lowest BCUT2D eigenvalue weighted by molar-refractivity contribution is -0.385. The molecule has 0 aliphatic rings. The second-order valence-electron chi connectivity index (χ2n) is 4.42. The average molecular weight is 261 g/mol. The van der Waals surface area contributed by atoms with Crippen LogP contribution in [0.5, 0.6) is 0 Å². The second kappa shape index (κ2) is 4.72. The zero-order chi connectivity index (χ0) is 14.2. The topological polar surface area (TPSA) is 68.4 Å². The van der Waals surface area contributed by atoms with Crippen molar-refractivity contribution in [3.05, 3.63) is 44.7 Å². The molecule has 2 aromatic rings. The molecule has 0 radical (unpaired) electrons. The van der Waals surface area contributed by atoms with E-state index in [2.05, 4.69) is 0 Å². The quantitative estimate of drug-likeness (QED) is 0.626. The van der Waals surface area contributed by atoms with Gasteiger partial charge in [-0.3, -0.25) is 14.9 Å². The number of hydrogen-bond acceptors (Lipinski definition) is 4. The number of nitrogens with zero attached hydrogens (tertiary/aromatic N) is 3. The van der Waals surface area contributed by atoms with Gasteiger partial charge in [-0.05, 0) is 13.0 Å². The molecule has 0 aliphatic carbocycles. The van der Waals surface area contributed by atoms with Crippen molar-refractivity contribution in [2.75, 3.05) is 19.0 Å². The van der Waals surface area contributed by atoms with Gasteiger partial charge in [0, 0.05) is 26.0 Å². The summed E-state index contributed by atoms with van der Waals surface area (Å²) in [5, 5.41) is 11.9. The van der Waals surface area contributed by atoms with E-state index in [0.717, 1.165) is 0 Å². The molecule has 100 valence electrons. The highest BCUT2D eigenvalue weighted by molar-refractivity contribution is 5.96. The van der Waals surface area contributed by atoms with Gasteiger partial charge in [-0.1, -0.05) is 18.2 Å². The normalized spacial score (nSPS) is 10.7. The number of nitro groups is 1. The van der Waals surface area contributed by atoms with Gasteiger partial charge in [0.1, 0.15) is 5.69 Å². The van der Waals surface area contributed by atoms with Crippen molar-refractivity contribution in [1.82, 2.24) is 4.57 Å². The predicted octanol–water partition coefficient (Wildman–Crippen LogP) is 2.00. The Balaban J connectivity index is 3.08. The fourth-order valence-electron chi connectivity index (χ4n) is 2.31. The minimum absolute atomic E-state index is 0.357. The summed E-state index contributed by atoms with van der Waals surface area (Å²) in [6, 6.07) is 7.23. The highest BCUT2D eigenvalue weighted by atomic mass is 16.6. The molecule has 0 atom stereocenters. The zero-order valence-electron chi connectivity index (χ0n) is 11.1. The number of rotatable bonds is 3. The van der Waals surface area contributed by atoms with Gasteiger partial charge >= 0.3 is 11.2 Å². The lowest BCUT2D eigenvalue weighted by Crippen LogP contribution is -2.26. The van der Waals surface area contributed by atoms with Crippen LogP contribution in [0.1, 0.15) is 6.92 Å². The second-order valence-corrected chi connectivity index (χ2v) is 4.42. The van der Waals surface area contributed by atoms with Crippen LogP contribution in [0.4, 0.5) is 11.4 Å². The van der Waals surface area contributed by atoms with E-state index in [0.29, 0.717) is 23.1 Å². The third-order valence-corrected chi connectivity index (χ3v) is 3.07. The largest absolute Gasteiger partial charge is 0.371 e. The van der Waals surface area contributed by atoms with Gasteiger partial charge in [0.25, 0.3) is 0 Å². The van der Waals surface area contributed by atoms with Gasteiger partial charge in [0.2, 0.25) is 0 Å². The summed E-state index contributed by atoms with van der Waals surface area (Å²) < 4.78 is 1.43. The highest BCUT2D eigenvalue weighted by Gasteiger charge is 2.26. The molecule has 2 rings (SSSR count). The molecule has 0 unspecified atom stereocenters. The van der Waals surface area contributed by atoms with E-state index < -0.39 is 10.5 Å². The maximum Gasteiger partial charge on any atom is 0.357 e. The monoisotopic (exact) mass is 261 g/mol. The van der Waals surface area contributed by atoms with Crippen LogP contribution >= 0.6 is 0 Å². The predicted molar refractivity (Wildman–Crippen MR) is 74.9 cm³/mol. The summed E-state index contributed by atoms with van der Waals surface area (Å²) >= 11 is 0. The number of aryl methyl sites for hydroxylation is 1. The molecule has 0 saturated carbocycles. The van der Waals surface area contributed by atoms with E-state index in [9.17, 15) is 14.9 Å². The van der Waals surface area contributed by atoms with E-state index in [1.807, 2.05) is 12.1 Å². The Kier molecular flexibility index (Phi) is 3.25. The molecule has 1 aromatic heterocycles. The fraction of sp³-hybridized carbons (Fsp3) is 0.308. The first-order valence-electron chi connectivity index (χ1n) is 5.96. The summed E-state index contributed by atoms with van der Waals surface area (Å²) in [7, 11) is 3.40. The zero-order valence-corrected chi connectivity index (χ0v) is 11.1. The van der Waals surface area contributed by atoms with Crippen molar-refractivity contribution in [2.24, 2.45) is 0 Å². The minimum atomic E-state index is -0.601. The Labute approximate surface area is 110 Å². The Hall–Kier alpha value is -2.37. The summed E-state index contributed by atoms with van der Waals surface area (Å²) in [5.74, 6) is 0. The van der Waals surface area contributed by atoms with Gasteiger partial charge in [-0.25, -0.2) is 0 Å². The van der Waals surface area contributed by atoms with Crippen LogP contribution in [0, 0.1) is 10.1 Å². The first-order chi connectivity index (χ1) is 8.99. The number of pyridine rings is 1. The van der Waals surface area contributed by atoms with E-state index >= 15 is 0 Å². The standard InChI is InChI=1S/C13H15N3O3/c1-4-15-10-8-6-5-7-9(10)11(14(2)3)12(13(15)17)16(18)19/h5-8H,4H2,1-3H3. The van der Waals surface area contributed by atoms with E-state index in [1.165, 1.54) is 4.57 Å². The molecule has 6 nitrogen and oxygen atoms in total. The molecule has 19 heavy (non-hydrogen) atoms. The van der Waals surface area contributed by atoms with Gasteiger partial charge in [0.15, 0.2) is 0 Å². The Morgan fingerprint density at radius 2 is 1.95 bits per heavy atom. The number of aromatic nitrogens is 1. The van der Waals surface area contributed by atoms with Gasteiger partial charge in [-0.2, -0.15) is 0 Å². The lowest BCUT2D eigenvalue weighted by Gasteiger charge is -2.17. The molecular formula is C13H15N3O3. The van der Waals surface area contributed by atoms with Crippen molar-refractivity contribution >= 4 is 22.3 Å². The van der Waals surface area contributed by atoms with Crippen LogP contribution in [0.3, 0.4) is 0 Å². The van der Waals surface area contributed by atoms with Crippen molar-refractivity contribution in [3.63, 3.8) is 0 Å². The number of hydrogen-bond donors (Lipinski definition) is 0. The van der Waals surface area contributed by atoms with E-state index in [1.54, 1.807) is 38.1 Å². The smallest absolute Gasteiger partial charge is 0.357 e. The molecule has 0 fully saturated rings. The maximum atomic E-state index is 12.3.